The van der Waals surface area contributed by atoms with Crippen LogP contribution in [-0.2, 0) is 0 Å². The van der Waals surface area contributed by atoms with Crippen LogP contribution in [0.25, 0.3) is 0 Å². The molecule has 1 unspecified atom stereocenters. The Morgan fingerprint density at radius 1 is 1.50 bits per heavy atom. The molecule has 0 aromatic carbocycles. The number of piperazine rings is 1. The number of hydrogen-bond acceptors (Lipinski definition) is 3. The first kappa shape index (κ1) is 9.96. The van der Waals surface area contributed by atoms with Crippen LogP contribution < -0.4 is 11.2 Å². The SMILES string of the molecule is CCCC1(CC)CN(N)CCN1. The fraction of sp³-hybridized carbons (Fsp3) is 1.00. The highest BCUT2D eigenvalue weighted by molar-refractivity contribution is 4.91. The van der Waals surface area contributed by atoms with Crippen LogP contribution in [0.3, 0.4) is 0 Å². The predicted molar refractivity (Wildman–Crippen MR) is 51.7 cm³/mol. The molecular formula is C9H21N3. The van der Waals surface area contributed by atoms with E-state index < -0.39 is 0 Å². The molecule has 72 valence electrons. The van der Waals surface area contributed by atoms with Crippen molar-refractivity contribution in [3.8, 4) is 0 Å². The highest BCUT2D eigenvalue weighted by Crippen LogP contribution is 2.20. The second kappa shape index (κ2) is 4.21. The van der Waals surface area contributed by atoms with Crippen molar-refractivity contribution in [1.29, 1.82) is 0 Å². The van der Waals surface area contributed by atoms with Gasteiger partial charge in [-0.05, 0) is 12.8 Å². The molecule has 3 heteroatoms. The highest BCUT2D eigenvalue weighted by Gasteiger charge is 2.31. The van der Waals surface area contributed by atoms with Crippen molar-refractivity contribution >= 4 is 0 Å². The minimum atomic E-state index is 0.293. The van der Waals surface area contributed by atoms with Crippen molar-refractivity contribution in [2.24, 2.45) is 5.84 Å². The Hall–Kier alpha value is -0.120. The first-order valence-corrected chi connectivity index (χ1v) is 4.97. The molecule has 0 aliphatic carbocycles. The summed E-state index contributed by atoms with van der Waals surface area (Å²) in [4.78, 5) is 0. The molecule has 0 bridgehead atoms. The van der Waals surface area contributed by atoms with Gasteiger partial charge in [0.2, 0.25) is 0 Å². The van der Waals surface area contributed by atoms with Gasteiger partial charge in [0.15, 0.2) is 0 Å². The Morgan fingerprint density at radius 2 is 2.25 bits per heavy atom. The van der Waals surface area contributed by atoms with E-state index >= 15 is 0 Å². The average Bonchev–Trinajstić information content (AvgIpc) is 2.05. The number of hydrogen-bond donors (Lipinski definition) is 2. The summed E-state index contributed by atoms with van der Waals surface area (Å²) in [7, 11) is 0. The largest absolute Gasteiger partial charge is 0.309 e. The molecule has 1 atom stereocenters. The van der Waals surface area contributed by atoms with Gasteiger partial charge in [0.1, 0.15) is 0 Å². The van der Waals surface area contributed by atoms with Gasteiger partial charge >= 0.3 is 0 Å². The van der Waals surface area contributed by atoms with Gasteiger partial charge < -0.3 is 5.32 Å². The fourth-order valence-corrected chi connectivity index (χ4v) is 2.05. The Balaban J connectivity index is 2.51. The maximum Gasteiger partial charge on any atom is 0.0320 e. The zero-order chi connectivity index (χ0) is 9.03. The van der Waals surface area contributed by atoms with Crippen LogP contribution in [0.15, 0.2) is 0 Å². The summed E-state index contributed by atoms with van der Waals surface area (Å²) in [5.74, 6) is 5.81. The van der Waals surface area contributed by atoms with Crippen LogP contribution in [0.4, 0.5) is 0 Å². The minimum absolute atomic E-state index is 0.293. The molecule has 12 heavy (non-hydrogen) atoms. The average molecular weight is 171 g/mol. The third kappa shape index (κ3) is 2.19. The van der Waals surface area contributed by atoms with E-state index in [1.807, 2.05) is 5.01 Å². The number of rotatable bonds is 3. The van der Waals surface area contributed by atoms with E-state index in [0.29, 0.717) is 5.54 Å². The lowest BCUT2D eigenvalue weighted by Gasteiger charge is -2.41. The van der Waals surface area contributed by atoms with E-state index in [2.05, 4.69) is 19.2 Å². The second-order valence-corrected chi connectivity index (χ2v) is 3.78. The smallest absolute Gasteiger partial charge is 0.0320 e. The number of nitrogens with two attached hydrogens (primary N) is 1. The van der Waals surface area contributed by atoms with E-state index in [1.165, 1.54) is 19.3 Å². The predicted octanol–water partition coefficient (Wildman–Crippen LogP) is 0.714. The van der Waals surface area contributed by atoms with E-state index in [4.69, 9.17) is 5.84 Å². The molecule has 1 aliphatic rings. The second-order valence-electron chi connectivity index (χ2n) is 3.78. The summed E-state index contributed by atoms with van der Waals surface area (Å²) in [6.45, 7) is 7.48. The Morgan fingerprint density at radius 3 is 2.75 bits per heavy atom. The normalized spacial score (nSPS) is 32.2. The first-order chi connectivity index (χ1) is 5.72. The molecule has 1 rings (SSSR count). The summed E-state index contributed by atoms with van der Waals surface area (Å²) in [5, 5.41) is 5.53. The lowest BCUT2D eigenvalue weighted by molar-refractivity contribution is 0.120. The molecule has 0 spiro atoms. The number of nitrogens with one attached hydrogen (secondary N) is 1. The standard InChI is InChI=1S/C9H21N3/c1-3-5-9(4-2)8-12(10)7-6-11-9/h11H,3-8,10H2,1-2H3. The Labute approximate surface area is 75.3 Å². The van der Waals surface area contributed by atoms with Crippen LogP contribution in [0.5, 0.6) is 0 Å². The van der Waals surface area contributed by atoms with Crippen LogP contribution >= 0.6 is 0 Å². The maximum atomic E-state index is 5.81. The quantitative estimate of drug-likeness (QED) is 0.615. The monoisotopic (exact) mass is 171 g/mol. The third-order valence-electron chi connectivity index (χ3n) is 2.81. The van der Waals surface area contributed by atoms with Gasteiger partial charge in [0.05, 0.1) is 0 Å². The molecule has 1 saturated heterocycles. The zero-order valence-electron chi connectivity index (χ0n) is 8.27. The first-order valence-electron chi connectivity index (χ1n) is 4.97. The molecule has 0 amide bonds. The molecule has 3 nitrogen and oxygen atoms in total. The third-order valence-corrected chi connectivity index (χ3v) is 2.81. The fourth-order valence-electron chi connectivity index (χ4n) is 2.05. The van der Waals surface area contributed by atoms with Gasteiger partial charge in [-0.25, -0.2) is 5.01 Å². The molecular weight excluding hydrogens is 150 g/mol. The minimum Gasteiger partial charge on any atom is -0.309 e. The van der Waals surface area contributed by atoms with Crippen molar-refractivity contribution in [1.82, 2.24) is 10.3 Å². The maximum absolute atomic E-state index is 5.81. The van der Waals surface area contributed by atoms with Gasteiger partial charge in [-0.3, -0.25) is 5.84 Å². The van der Waals surface area contributed by atoms with Crippen LogP contribution in [0.2, 0.25) is 0 Å². The van der Waals surface area contributed by atoms with Gasteiger partial charge in [0, 0.05) is 25.2 Å². The van der Waals surface area contributed by atoms with Gasteiger partial charge in [0.25, 0.3) is 0 Å². The molecule has 3 N–H and O–H groups in total. The van der Waals surface area contributed by atoms with Gasteiger partial charge in [-0.2, -0.15) is 0 Å². The van der Waals surface area contributed by atoms with Gasteiger partial charge in [-0.1, -0.05) is 20.3 Å². The van der Waals surface area contributed by atoms with E-state index in [0.717, 1.165) is 19.6 Å². The highest BCUT2D eigenvalue weighted by atomic mass is 15.4. The topological polar surface area (TPSA) is 41.3 Å². The lowest BCUT2D eigenvalue weighted by Crippen LogP contribution is -2.61. The molecule has 0 saturated carbocycles. The van der Waals surface area contributed by atoms with Gasteiger partial charge in [-0.15, -0.1) is 0 Å². The molecule has 1 heterocycles. The summed E-state index contributed by atoms with van der Waals surface area (Å²) >= 11 is 0. The van der Waals surface area contributed by atoms with Crippen molar-refractivity contribution in [2.75, 3.05) is 19.6 Å². The van der Waals surface area contributed by atoms with E-state index in [1.54, 1.807) is 0 Å². The van der Waals surface area contributed by atoms with Crippen molar-refractivity contribution < 1.29 is 0 Å². The number of nitrogens with zero attached hydrogens (tertiary/aromatic N) is 1. The molecule has 0 radical (unpaired) electrons. The van der Waals surface area contributed by atoms with Crippen molar-refractivity contribution in [3.63, 3.8) is 0 Å². The van der Waals surface area contributed by atoms with E-state index in [-0.39, 0.29) is 0 Å². The Kier molecular flexibility index (Phi) is 3.50. The summed E-state index contributed by atoms with van der Waals surface area (Å²) in [6.07, 6.45) is 3.64. The van der Waals surface area contributed by atoms with Crippen LogP contribution in [0, 0.1) is 0 Å². The van der Waals surface area contributed by atoms with E-state index in [9.17, 15) is 0 Å². The molecule has 0 aromatic heterocycles. The molecule has 0 aromatic rings. The summed E-state index contributed by atoms with van der Waals surface area (Å²) in [5.41, 5.74) is 0.293. The lowest BCUT2D eigenvalue weighted by atomic mass is 9.89. The zero-order valence-corrected chi connectivity index (χ0v) is 8.27. The summed E-state index contributed by atoms with van der Waals surface area (Å²) < 4.78 is 0. The van der Waals surface area contributed by atoms with Crippen LogP contribution in [0.1, 0.15) is 33.1 Å². The van der Waals surface area contributed by atoms with Crippen molar-refractivity contribution in [2.45, 2.75) is 38.6 Å². The van der Waals surface area contributed by atoms with Crippen LogP contribution in [-0.4, -0.2) is 30.2 Å². The summed E-state index contributed by atoms with van der Waals surface area (Å²) in [6, 6.07) is 0. The number of hydrazine groups is 1. The van der Waals surface area contributed by atoms with Crippen molar-refractivity contribution in [3.05, 3.63) is 0 Å². The molecule has 1 aliphatic heterocycles. The Bertz CT molecular complexity index is 134. The molecule has 1 fully saturated rings.